The molecular weight excluding hydrogens is 824 g/mol. The van der Waals surface area contributed by atoms with Crippen LogP contribution < -0.4 is 41.7 Å². The van der Waals surface area contributed by atoms with Gasteiger partial charge in [0.2, 0.25) is 0 Å². The second-order valence-electron chi connectivity index (χ2n) is 20.8. The van der Waals surface area contributed by atoms with Crippen molar-refractivity contribution >= 4 is 80.9 Å². The third kappa shape index (κ3) is 7.35. The second-order valence-corrected chi connectivity index (χ2v) is 24.7. The molecule has 0 aromatic heterocycles. The molecule has 0 radical (unpaired) electrons. The minimum atomic E-state index is -2.65. The zero-order valence-corrected chi connectivity index (χ0v) is 40.8. The molecular formula is C63H57BN2Si. The van der Waals surface area contributed by atoms with Crippen LogP contribution in [0.4, 0.5) is 34.1 Å². The van der Waals surface area contributed by atoms with E-state index in [1.165, 1.54) is 93.8 Å². The number of fused-ring (bicyclic) bond motifs is 4. The molecule has 0 bridgehead atoms. The second kappa shape index (κ2) is 16.3. The molecule has 9 aromatic carbocycles. The molecule has 2 aliphatic heterocycles. The van der Waals surface area contributed by atoms with Gasteiger partial charge < -0.3 is 9.80 Å². The van der Waals surface area contributed by atoms with Crippen molar-refractivity contribution in [1.82, 2.24) is 0 Å². The zero-order valence-electron chi connectivity index (χ0n) is 39.8. The van der Waals surface area contributed by atoms with Crippen LogP contribution in [0.15, 0.2) is 218 Å². The summed E-state index contributed by atoms with van der Waals surface area (Å²) >= 11 is 0. The predicted octanol–water partition coefficient (Wildman–Crippen LogP) is 12.8. The smallest absolute Gasteiger partial charge is 0.252 e. The molecule has 2 aliphatic rings. The van der Waals surface area contributed by atoms with Crippen LogP contribution in [-0.4, -0.2) is 14.8 Å². The molecule has 4 heteroatoms. The van der Waals surface area contributed by atoms with Gasteiger partial charge in [0.25, 0.3) is 6.71 Å². The molecule has 2 heterocycles. The highest BCUT2D eigenvalue weighted by Crippen LogP contribution is 2.45. The summed E-state index contributed by atoms with van der Waals surface area (Å²) in [6.45, 7) is 16.5. The van der Waals surface area contributed by atoms with Crippen LogP contribution in [0.1, 0.15) is 52.7 Å². The lowest BCUT2D eigenvalue weighted by molar-refractivity contribution is 0.590. The van der Waals surface area contributed by atoms with Crippen LogP contribution in [0.5, 0.6) is 0 Å². The van der Waals surface area contributed by atoms with Gasteiger partial charge in [0.05, 0.1) is 0 Å². The molecule has 0 fully saturated rings. The first-order chi connectivity index (χ1) is 32.4. The Morgan fingerprint density at radius 1 is 0.343 bits per heavy atom. The number of hydrogen-bond acceptors (Lipinski definition) is 2. The van der Waals surface area contributed by atoms with Crippen molar-refractivity contribution in [3.63, 3.8) is 0 Å². The SMILES string of the molecule is CC(C)(C)c1ccc(N2c3ccc(C(C)(C)C)cc3B3c4cc(-c5ccccc5)ccc4N(c4ccc(-c5ccccc5)cc4)c4cc([Si](C)(c5ccccc5)c5ccccc5)cc2c43)cc1. The molecule has 0 aliphatic carbocycles. The quantitative estimate of drug-likeness (QED) is 0.116. The van der Waals surface area contributed by atoms with Crippen molar-refractivity contribution in [1.29, 1.82) is 0 Å². The maximum absolute atomic E-state index is 2.65. The van der Waals surface area contributed by atoms with E-state index in [0.717, 1.165) is 5.69 Å². The van der Waals surface area contributed by atoms with Gasteiger partial charge in [0.1, 0.15) is 8.07 Å². The molecule has 0 saturated heterocycles. The first kappa shape index (κ1) is 42.5. The Hall–Kier alpha value is -7.14. The van der Waals surface area contributed by atoms with E-state index in [1.54, 1.807) is 0 Å². The summed E-state index contributed by atoms with van der Waals surface area (Å²) in [7, 11) is -2.65. The summed E-state index contributed by atoms with van der Waals surface area (Å²) in [5.74, 6) is 0. The van der Waals surface area contributed by atoms with E-state index in [-0.39, 0.29) is 17.5 Å². The number of anilines is 6. The van der Waals surface area contributed by atoms with Gasteiger partial charge in [-0.3, -0.25) is 0 Å². The molecule has 0 atom stereocenters. The van der Waals surface area contributed by atoms with Crippen molar-refractivity contribution in [2.24, 2.45) is 0 Å². The zero-order chi connectivity index (χ0) is 46.1. The standard InChI is InChI=1S/C63H57BN2Si/c1-62(2,3)48-31-36-51(37-32-48)66-58-39-33-49(63(4,5)6)41-56(58)64-55-40-47(45-22-14-9-15-23-45)30-38-57(55)65(50-34-28-46(29-35-50)44-20-12-8-13-21-44)59-42-54(43-60(66)61(59)64)67(7,52-24-16-10-17-25-52)53-26-18-11-19-27-53/h8-43H,1-7H3. The lowest BCUT2D eigenvalue weighted by atomic mass is 9.33. The van der Waals surface area contributed by atoms with Gasteiger partial charge in [0, 0.05) is 34.1 Å². The first-order valence-electron chi connectivity index (χ1n) is 23.9. The third-order valence-corrected chi connectivity index (χ3v) is 19.0. The van der Waals surface area contributed by atoms with E-state index in [9.17, 15) is 0 Å². The van der Waals surface area contributed by atoms with Crippen LogP contribution in [0.25, 0.3) is 22.3 Å². The number of benzene rings is 9. The Kier molecular flexibility index (Phi) is 10.4. The van der Waals surface area contributed by atoms with Crippen LogP contribution in [0.2, 0.25) is 6.55 Å². The normalized spacial score (nSPS) is 13.2. The van der Waals surface area contributed by atoms with Crippen LogP contribution in [0.3, 0.4) is 0 Å². The van der Waals surface area contributed by atoms with Gasteiger partial charge in [-0.05, 0) is 125 Å². The average Bonchev–Trinajstić information content (AvgIpc) is 3.36. The van der Waals surface area contributed by atoms with E-state index >= 15 is 0 Å². The van der Waals surface area contributed by atoms with Crippen molar-refractivity contribution in [3.8, 4) is 22.3 Å². The molecule has 2 nitrogen and oxygen atoms in total. The molecule has 0 saturated carbocycles. The van der Waals surface area contributed by atoms with Crippen molar-refractivity contribution in [2.75, 3.05) is 9.80 Å². The van der Waals surface area contributed by atoms with Gasteiger partial charge in [-0.1, -0.05) is 218 Å². The molecule has 11 rings (SSSR count). The largest absolute Gasteiger partial charge is 0.311 e. The minimum Gasteiger partial charge on any atom is -0.311 e. The summed E-state index contributed by atoms with van der Waals surface area (Å²) in [5.41, 5.74) is 18.7. The summed E-state index contributed by atoms with van der Waals surface area (Å²) in [6, 6.07) is 82.7. The summed E-state index contributed by atoms with van der Waals surface area (Å²) in [5, 5.41) is 4.15. The summed E-state index contributed by atoms with van der Waals surface area (Å²) < 4.78 is 0. The fourth-order valence-corrected chi connectivity index (χ4v) is 14.3. The van der Waals surface area contributed by atoms with Crippen molar-refractivity contribution < 1.29 is 0 Å². The van der Waals surface area contributed by atoms with Gasteiger partial charge >= 0.3 is 0 Å². The van der Waals surface area contributed by atoms with E-state index in [4.69, 9.17) is 0 Å². The number of hydrogen-bond donors (Lipinski definition) is 0. The van der Waals surface area contributed by atoms with E-state index in [0.29, 0.717) is 0 Å². The lowest BCUT2D eigenvalue weighted by Gasteiger charge is -2.46. The molecule has 326 valence electrons. The Balaban J connectivity index is 1.26. The number of rotatable bonds is 7. The maximum Gasteiger partial charge on any atom is 0.252 e. The Morgan fingerprint density at radius 2 is 0.731 bits per heavy atom. The van der Waals surface area contributed by atoms with Gasteiger partial charge in [-0.2, -0.15) is 0 Å². The van der Waals surface area contributed by atoms with Gasteiger partial charge in [0.15, 0.2) is 0 Å². The highest BCUT2D eigenvalue weighted by molar-refractivity contribution is 7.11. The lowest BCUT2D eigenvalue weighted by Crippen LogP contribution is -2.66. The first-order valence-corrected chi connectivity index (χ1v) is 26.4. The molecule has 0 spiro atoms. The van der Waals surface area contributed by atoms with Gasteiger partial charge in [-0.15, -0.1) is 0 Å². The molecule has 0 amide bonds. The molecule has 0 unspecified atom stereocenters. The van der Waals surface area contributed by atoms with E-state index < -0.39 is 8.07 Å². The summed E-state index contributed by atoms with van der Waals surface area (Å²) in [4.78, 5) is 5.18. The predicted molar refractivity (Wildman–Crippen MR) is 292 cm³/mol. The van der Waals surface area contributed by atoms with E-state index in [1.807, 2.05) is 0 Å². The van der Waals surface area contributed by atoms with Crippen LogP contribution in [-0.2, 0) is 10.8 Å². The Morgan fingerprint density at radius 3 is 1.22 bits per heavy atom. The fourth-order valence-electron chi connectivity index (χ4n) is 10.7. The highest BCUT2D eigenvalue weighted by atomic mass is 28.3. The highest BCUT2D eigenvalue weighted by Gasteiger charge is 2.46. The maximum atomic E-state index is 2.60. The van der Waals surface area contributed by atoms with Gasteiger partial charge in [-0.25, -0.2) is 0 Å². The average molecular weight is 881 g/mol. The minimum absolute atomic E-state index is 0.0266. The Bertz CT molecular complexity index is 3210. The Labute approximate surface area is 399 Å². The summed E-state index contributed by atoms with van der Waals surface area (Å²) in [6.07, 6.45) is 0. The van der Waals surface area contributed by atoms with Crippen LogP contribution in [0, 0.1) is 0 Å². The van der Waals surface area contributed by atoms with Crippen LogP contribution >= 0.6 is 0 Å². The van der Waals surface area contributed by atoms with Crippen molar-refractivity contribution in [3.05, 3.63) is 230 Å². The molecule has 0 N–H and O–H groups in total. The fraction of sp³-hybridized carbons (Fsp3) is 0.143. The molecule has 67 heavy (non-hydrogen) atoms. The van der Waals surface area contributed by atoms with Crippen molar-refractivity contribution in [2.45, 2.75) is 58.9 Å². The van der Waals surface area contributed by atoms with E-state index in [2.05, 4.69) is 276 Å². The molecule has 9 aromatic rings. The monoisotopic (exact) mass is 880 g/mol. The third-order valence-electron chi connectivity index (χ3n) is 14.5. The topological polar surface area (TPSA) is 6.48 Å². The number of nitrogens with zero attached hydrogens (tertiary/aromatic N) is 2.